The van der Waals surface area contributed by atoms with E-state index < -0.39 is 0 Å². The molecule has 1 atom stereocenters. The molecule has 5 heteroatoms. The molecule has 0 bridgehead atoms. The van der Waals surface area contributed by atoms with Crippen molar-refractivity contribution in [2.45, 2.75) is 25.6 Å². The number of likely N-dealkylation sites (tertiary alicyclic amines) is 1. The number of piperidine rings is 1. The molecule has 132 valence electrons. The van der Waals surface area contributed by atoms with Gasteiger partial charge in [0.05, 0.1) is 6.21 Å². The van der Waals surface area contributed by atoms with Crippen LogP contribution in [0.15, 0.2) is 53.7 Å². The summed E-state index contributed by atoms with van der Waals surface area (Å²) in [5.74, 6) is 0.432. The molecule has 3 rings (SSSR count). The number of hydrogen-bond acceptors (Lipinski definition) is 4. The van der Waals surface area contributed by atoms with Crippen LogP contribution >= 0.6 is 0 Å². The highest BCUT2D eigenvalue weighted by atomic mass is 19.1. The minimum absolute atomic E-state index is 0.135. The molecule has 2 aromatic rings. The number of para-hydroxylation sites is 1. The lowest BCUT2D eigenvalue weighted by Crippen LogP contribution is -2.36. The van der Waals surface area contributed by atoms with Gasteiger partial charge in [-0.25, -0.2) is 4.39 Å². The van der Waals surface area contributed by atoms with Crippen LogP contribution in [0.1, 0.15) is 24.0 Å². The van der Waals surface area contributed by atoms with Gasteiger partial charge in [0.25, 0.3) is 0 Å². The predicted molar refractivity (Wildman–Crippen MR) is 96.4 cm³/mol. The van der Waals surface area contributed by atoms with Gasteiger partial charge >= 0.3 is 0 Å². The normalized spacial score (nSPS) is 18.4. The first-order valence-corrected chi connectivity index (χ1v) is 8.55. The van der Waals surface area contributed by atoms with Gasteiger partial charge in [0.15, 0.2) is 0 Å². The number of hydrogen-bond donors (Lipinski definition) is 0. The Morgan fingerprint density at radius 2 is 2.12 bits per heavy atom. The number of oxime groups is 1. The van der Waals surface area contributed by atoms with E-state index in [1.165, 1.54) is 12.1 Å². The van der Waals surface area contributed by atoms with Gasteiger partial charge in [-0.05, 0) is 56.3 Å². The fourth-order valence-corrected chi connectivity index (χ4v) is 2.88. The third-order valence-corrected chi connectivity index (χ3v) is 4.19. The van der Waals surface area contributed by atoms with Crippen molar-refractivity contribution in [2.24, 2.45) is 5.16 Å². The standard InChI is InChI=1S/C20H23FN2O2/c1-23-11-5-9-19(14-23)25-22-13-17-7-2-3-10-20(17)24-15-16-6-4-8-18(21)12-16/h2-4,6-8,10,12-13,19H,5,9,11,14-15H2,1H3/b22-13+. The second-order valence-electron chi connectivity index (χ2n) is 6.32. The lowest BCUT2D eigenvalue weighted by Gasteiger charge is -2.27. The maximum atomic E-state index is 13.2. The first kappa shape index (κ1) is 17.4. The molecule has 1 fully saturated rings. The molecule has 0 amide bonds. The molecule has 0 spiro atoms. The average molecular weight is 342 g/mol. The summed E-state index contributed by atoms with van der Waals surface area (Å²) in [5.41, 5.74) is 1.62. The maximum Gasteiger partial charge on any atom is 0.140 e. The number of ether oxygens (including phenoxy) is 1. The molecule has 0 saturated carbocycles. The Hall–Kier alpha value is -2.40. The van der Waals surface area contributed by atoms with Crippen molar-refractivity contribution in [3.05, 3.63) is 65.5 Å². The fourth-order valence-electron chi connectivity index (χ4n) is 2.88. The SMILES string of the molecule is CN1CCCC(O/N=C/c2ccccc2OCc2cccc(F)c2)C1. The number of benzene rings is 2. The minimum Gasteiger partial charge on any atom is -0.488 e. The summed E-state index contributed by atoms with van der Waals surface area (Å²) in [7, 11) is 2.09. The molecule has 1 aliphatic heterocycles. The Morgan fingerprint density at radius 3 is 2.96 bits per heavy atom. The third kappa shape index (κ3) is 5.29. The Bertz CT molecular complexity index is 720. The van der Waals surface area contributed by atoms with Crippen molar-refractivity contribution < 1.29 is 14.0 Å². The molecular formula is C20H23FN2O2. The summed E-state index contributed by atoms with van der Waals surface area (Å²) in [6.07, 6.45) is 3.97. The lowest BCUT2D eigenvalue weighted by atomic mass is 10.1. The van der Waals surface area contributed by atoms with E-state index in [0.29, 0.717) is 12.4 Å². The van der Waals surface area contributed by atoms with E-state index >= 15 is 0 Å². The number of halogens is 1. The van der Waals surface area contributed by atoms with Gasteiger partial charge in [-0.3, -0.25) is 0 Å². The summed E-state index contributed by atoms with van der Waals surface area (Å²) < 4.78 is 19.1. The number of likely N-dealkylation sites (N-methyl/N-ethyl adjacent to an activating group) is 1. The van der Waals surface area contributed by atoms with Crippen molar-refractivity contribution in [1.82, 2.24) is 4.90 Å². The largest absolute Gasteiger partial charge is 0.488 e. The van der Waals surface area contributed by atoms with Crippen molar-refractivity contribution in [3.63, 3.8) is 0 Å². The highest BCUT2D eigenvalue weighted by molar-refractivity contribution is 5.83. The molecule has 1 aliphatic rings. The number of rotatable bonds is 6. The van der Waals surface area contributed by atoms with Crippen LogP contribution in [0.2, 0.25) is 0 Å². The highest BCUT2D eigenvalue weighted by Gasteiger charge is 2.18. The van der Waals surface area contributed by atoms with Gasteiger partial charge < -0.3 is 14.5 Å². The van der Waals surface area contributed by atoms with Crippen LogP contribution in [0.25, 0.3) is 0 Å². The highest BCUT2D eigenvalue weighted by Crippen LogP contribution is 2.18. The van der Waals surface area contributed by atoms with E-state index in [1.54, 1.807) is 12.3 Å². The monoisotopic (exact) mass is 342 g/mol. The van der Waals surface area contributed by atoms with E-state index in [9.17, 15) is 4.39 Å². The van der Waals surface area contributed by atoms with Crippen molar-refractivity contribution in [3.8, 4) is 5.75 Å². The second-order valence-corrected chi connectivity index (χ2v) is 6.32. The van der Waals surface area contributed by atoms with E-state index in [4.69, 9.17) is 9.57 Å². The molecule has 0 radical (unpaired) electrons. The van der Waals surface area contributed by atoms with Crippen LogP contribution in [0, 0.1) is 5.82 Å². The van der Waals surface area contributed by atoms with Gasteiger partial charge in [-0.15, -0.1) is 0 Å². The third-order valence-electron chi connectivity index (χ3n) is 4.19. The van der Waals surface area contributed by atoms with Crippen molar-refractivity contribution in [1.29, 1.82) is 0 Å². The topological polar surface area (TPSA) is 34.1 Å². The summed E-state index contributed by atoms with van der Waals surface area (Å²) in [5, 5.41) is 4.14. The minimum atomic E-state index is -0.262. The zero-order valence-electron chi connectivity index (χ0n) is 14.4. The molecule has 1 saturated heterocycles. The zero-order valence-corrected chi connectivity index (χ0v) is 14.4. The zero-order chi connectivity index (χ0) is 17.5. The predicted octanol–water partition coefficient (Wildman–Crippen LogP) is 3.85. The molecule has 1 heterocycles. The van der Waals surface area contributed by atoms with E-state index in [1.807, 2.05) is 30.3 Å². The molecule has 0 aromatic heterocycles. The molecule has 2 aromatic carbocycles. The van der Waals surface area contributed by atoms with E-state index in [0.717, 1.165) is 37.1 Å². The van der Waals surface area contributed by atoms with Crippen molar-refractivity contribution >= 4 is 6.21 Å². The Balaban J connectivity index is 1.59. The van der Waals surface area contributed by atoms with Crippen LogP contribution in [0.4, 0.5) is 4.39 Å². The maximum absolute atomic E-state index is 13.2. The molecule has 1 unspecified atom stereocenters. The second kappa shape index (κ2) is 8.62. The van der Waals surface area contributed by atoms with Gasteiger partial charge in [0, 0.05) is 12.1 Å². The van der Waals surface area contributed by atoms with Crippen LogP contribution < -0.4 is 4.74 Å². The molecule has 25 heavy (non-hydrogen) atoms. The van der Waals surface area contributed by atoms with Crippen LogP contribution in [0.5, 0.6) is 5.75 Å². The Labute approximate surface area is 147 Å². The Kier molecular flexibility index (Phi) is 6.01. The van der Waals surface area contributed by atoms with Crippen LogP contribution in [0.3, 0.4) is 0 Å². The number of nitrogens with zero attached hydrogens (tertiary/aromatic N) is 2. The quantitative estimate of drug-likeness (QED) is 0.591. The van der Waals surface area contributed by atoms with Gasteiger partial charge in [0.2, 0.25) is 0 Å². The Morgan fingerprint density at radius 1 is 1.24 bits per heavy atom. The van der Waals surface area contributed by atoms with E-state index in [2.05, 4.69) is 17.1 Å². The molecular weight excluding hydrogens is 319 g/mol. The summed E-state index contributed by atoms with van der Waals surface area (Å²) in [6, 6.07) is 14.0. The summed E-state index contributed by atoms with van der Waals surface area (Å²) in [4.78, 5) is 7.86. The molecule has 0 N–H and O–H groups in total. The summed E-state index contributed by atoms with van der Waals surface area (Å²) in [6.45, 7) is 2.31. The van der Waals surface area contributed by atoms with Crippen molar-refractivity contribution in [2.75, 3.05) is 20.1 Å². The van der Waals surface area contributed by atoms with Gasteiger partial charge in [-0.1, -0.05) is 29.4 Å². The fraction of sp³-hybridized carbons (Fsp3) is 0.350. The smallest absolute Gasteiger partial charge is 0.140 e. The average Bonchev–Trinajstić information content (AvgIpc) is 2.61. The molecule has 0 aliphatic carbocycles. The van der Waals surface area contributed by atoms with Gasteiger partial charge in [0.1, 0.15) is 24.3 Å². The van der Waals surface area contributed by atoms with E-state index in [-0.39, 0.29) is 11.9 Å². The van der Waals surface area contributed by atoms with Gasteiger partial charge in [-0.2, -0.15) is 0 Å². The lowest BCUT2D eigenvalue weighted by molar-refractivity contribution is 0.0107. The first-order chi connectivity index (χ1) is 12.2. The van der Waals surface area contributed by atoms with Crippen LogP contribution in [-0.2, 0) is 11.4 Å². The van der Waals surface area contributed by atoms with Crippen LogP contribution in [-0.4, -0.2) is 37.4 Å². The summed E-state index contributed by atoms with van der Waals surface area (Å²) >= 11 is 0. The molecule has 4 nitrogen and oxygen atoms in total. The first-order valence-electron chi connectivity index (χ1n) is 8.55.